The van der Waals surface area contributed by atoms with Crippen LogP contribution in [0.3, 0.4) is 0 Å². The number of ether oxygens (including phenoxy) is 2. The maximum absolute atomic E-state index is 12.0. The molecule has 0 aliphatic carbocycles. The van der Waals surface area contributed by atoms with Gasteiger partial charge >= 0.3 is 12.0 Å². The normalized spacial score (nSPS) is 10.6. The van der Waals surface area contributed by atoms with Gasteiger partial charge in [0, 0.05) is 23.0 Å². The first-order valence-corrected chi connectivity index (χ1v) is 10.1. The van der Waals surface area contributed by atoms with E-state index in [1.165, 1.54) is 13.2 Å². The van der Waals surface area contributed by atoms with E-state index in [4.69, 9.17) is 9.47 Å². The Bertz CT molecular complexity index is 1170. The first kappa shape index (κ1) is 23.3. The average Bonchev–Trinajstić information content (AvgIpc) is 3.10. The van der Waals surface area contributed by atoms with Crippen LogP contribution in [0.15, 0.2) is 60.7 Å². The third kappa shape index (κ3) is 6.30. The van der Waals surface area contributed by atoms with E-state index in [9.17, 15) is 14.4 Å². The first-order valence-electron chi connectivity index (χ1n) is 10.1. The maximum Gasteiger partial charge on any atom is 0.331 e. The van der Waals surface area contributed by atoms with Gasteiger partial charge < -0.3 is 14.8 Å². The highest BCUT2D eigenvalue weighted by Gasteiger charge is 2.12. The number of rotatable bonds is 7. The molecule has 0 atom stereocenters. The second kappa shape index (κ2) is 10.8. The van der Waals surface area contributed by atoms with Crippen LogP contribution in [0.5, 0.6) is 5.75 Å². The van der Waals surface area contributed by atoms with Gasteiger partial charge in [-0.2, -0.15) is 5.10 Å². The fourth-order valence-corrected chi connectivity index (χ4v) is 3.05. The van der Waals surface area contributed by atoms with Crippen molar-refractivity contribution in [1.29, 1.82) is 0 Å². The van der Waals surface area contributed by atoms with Gasteiger partial charge in [-0.15, -0.1) is 0 Å². The third-order valence-electron chi connectivity index (χ3n) is 4.68. The molecule has 170 valence electrons. The first-order chi connectivity index (χ1) is 15.9. The van der Waals surface area contributed by atoms with Crippen molar-refractivity contribution >= 4 is 29.7 Å². The number of hydrogen-bond donors (Lipinski definition) is 2. The van der Waals surface area contributed by atoms with Crippen molar-refractivity contribution in [2.75, 3.05) is 19.0 Å². The second-order valence-electron chi connectivity index (χ2n) is 7.00. The zero-order chi connectivity index (χ0) is 23.8. The summed E-state index contributed by atoms with van der Waals surface area (Å²) >= 11 is 0. The Morgan fingerprint density at radius 3 is 2.39 bits per heavy atom. The van der Waals surface area contributed by atoms with E-state index in [-0.39, 0.29) is 0 Å². The lowest BCUT2D eigenvalue weighted by Gasteiger charge is -2.07. The molecule has 0 aliphatic rings. The molecule has 0 saturated carbocycles. The maximum atomic E-state index is 12.0. The van der Waals surface area contributed by atoms with Gasteiger partial charge in [-0.25, -0.2) is 14.3 Å². The average molecular weight is 448 g/mol. The summed E-state index contributed by atoms with van der Waals surface area (Å²) in [7, 11) is 1.53. The quantitative estimate of drug-likeness (QED) is 0.423. The smallest absolute Gasteiger partial charge is 0.331 e. The monoisotopic (exact) mass is 448 g/mol. The minimum absolute atomic E-state index is 0.475. The van der Waals surface area contributed by atoms with Gasteiger partial charge in [-0.3, -0.25) is 10.1 Å². The fourth-order valence-electron chi connectivity index (χ4n) is 3.05. The van der Waals surface area contributed by atoms with E-state index in [0.717, 1.165) is 22.6 Å². The number of para-hydroxylation sites is 1. The lowest BCUT2D eigenvalue weighted by molar-refractivity contribution is -0.143. The van der Waals surface area contributed by atoms with Crippen LogP contribution in [-0.4, -0.2) is 41.4 Å². The number of nitrogens with zero attached hydrogens (tertiary/aromatic N) is 2. The van der Waals surface area contributed by atoms with E-state index >= 15 is 0 Å². The van der Waals surface area contributed by atoms with Gasteiger partial charge in [0.15, 0.2) is 6.61 Å². The summed E-state index contributed by atoms with van der Waals surface area (Å²) in [5, 5.41) is 9.09. The van der Waals surface area contributed by atoms with Crippen molar-refractivity contribution in [3.63, 3.8) is 0 Å². The Morgan fingerprint density at radius 1 is 1.03 bits per heavy atom. The van der Waals surface area contributed by atoms with Crippen molar-refractivity contribution in [2.45, 2.75) is 13.8 Å². The highest BCUT2D eigenvalue weighted by atomic mass is 16.5. The zero-order valence-electron chi connectivity index (χ0n) is 18.5. The van der Waals surface area contributed by atoms with Gasteiger partial charge in [0.1, 0.15) is 5.75 Å². The molecular weight excluding hydrogens is 424 g/mol. The van der Waals surface area contributed by atoms with Gasteiger partial charge in [0.05, 0.1) is 18.5 Å². The lowest BCUT2D eigenvalue weighted by Crippen LogP contribution is -2.37. The number of esters is 1. The van der Waals surface area contributed by atoms with Crippen LogP contribution in [-0.2, 0) is 14.3 Å². The number of carbonyl (C=O) groups excluding carboxylic acids is 3. The lowest BCUT2D eigenvalue weighted by atomic mass is 10.2. The molecule has 0 spiro atoms. The number of anilines is 1. The number of nitrogens with one attached hydrogen (secondary N) is 2. The number of amides is 3. The van der Waals surface area contributed by atoms with Crippen LogP contribution in [0, 0.1) is 13.8 Å². The van der Waals surface area contributed by atoms with Crippen LogP contribution in [0.1, 0.15) is 17.0 Å². The number of aromatic nitrogens is 2. The standard InChI is InChI=1S/C24H24N4O5/c1-16-21(17(2)28(27-16)19-7-5-4-6-8-19)13-14-23(30)33-15-22(29)26-24(31)25-18-9-11-20(32-3)12-10-18/h4-14H,15H2,1-3H3,(H2,25,26,29,31)/b14-13+. The van der Waals surface area contributed by atoms with E-state index in [1.807, 2.05) is 44.2 Å². The van der Waals surface area contributed by atoms with Gasteiger partial charge in [-0.1, -0.05) is 18.2 Å². The molecule has 9 nitrogen and oxygen atoms in total. The minimum Gasteiger partial charge on any atom is -0.497 e. The largest absolute Gasteiger partial charge is 0.497 e. The Hall–Kier alpha value is -4.40. The molecule has 33 heavy (non-hydrogen) atoms. The third-order valence-corrected chi connectivity index (χ3v) is 4.68. The van der Waals surface area contributed by atoms with Crippen LogP contribution < -0.4 is 15.4 Å². The van der Waals surface area contributed by atoms with Gasteiger partial charge in [0.2, 0.25) is 0 Å². The SMILES string of the molecule is COc1ccc(NC(=O)NC(=O)COC(=O)/C=C/c2c(C)nn(-c3ccccc3)c2C)cc1. The molecule has 2 aromatic carbocycles. The number of aryl methyl sites for hydroxylation is 1. The molecule has 0 fully saturated rings. The molecule has 0 aliphatic heterocycles. The molecule has 3 rings (SSSR count). The number of imide groups is 1. The minimum atomic E-state index is -0.757. The highest BCUT2D eigenvalue weighted by molar-refractivity contribution is 6.02. The van der Waals surface area contributed by atoms with Crippen molar-refractivity contribution in [3.8, 4) is 11.4 Å². The molecule has 1 aromatic heterocycles. The fraction of sp³-hybridized carbons (Fsp3) is 0.167. The second-order valence-corrected chi connectivity index (χ2v) is 7.00. The number of urea groups is 1. The van der Waals surface area contributed by atoms with Crippen molar-refractivity contribution in [1.82, 2.24) is 15.1 Å². The Balaban J connectivity index is 1.50. The van der Waals surface area contributed by atoms with E-state index in [1.54, 1.807) is 35.0 Å². The molecule has 0 unspecified atom stereocenters. The van der Waals surface area contributed by atoms with Crippen molar-refractivity contribution in [3.05, 3.63) is 77.6 Å². The molecule has 3 aromatic rings. The Kier molecular flexibility index (Phi) is 7.59. The molecule has 9 heteroatoms. The van der Waals surface area contributed by atoms with Crippen LogP contribution in [0.2, 0.25) is 0 Å². The van der Waals surface area contributed by atoms with E-state index in [0.29, 0.717) is 11.4 Å². The molecule has 0 saturated heterocycles. The molecule has 0 bridgehead atoms. The number of carbonyl (C=O) groups is 3. The van der Waals surface area contributed by atoms with Crippen molar-refractivity contribution in [2.24, 2.45) is 0 Å². The number of hydrogen-bond acceptors (Lipinski definition) is 6. The highest BCUT2D eigenvalue weighted by Crippen LogP contribution is 2.19. The molecule has 1 heterocycles. The zero-order valence-corrected chi connectivity index (χ0v) is 18.5. The van der Waals surface area contributed by atoms with E-state index in [2.05, 4.69) is 15.7 Å². The summed E-state index contributed by atoms with van der Waals surface area (Å²) in [6, 6.07) is 15.5. The predicted molar refractivity (Wildman–Crippen MR) is 123 cm³/mol. The topological polar surface area (TPSA) is 112 Å². The predicted octanol–water partition coefficient (Wildman–Crippen LogP) is 3.40. The Morgan fingerprint density at radius 2 is 1.73 bits per heavy atom. The molecule has 3 amide bonds. The van der Waals surface area contributed by atoms with E-state index < -0.39 is 24.5 Å². The molecule has 2 N–H and O–H groups in total. The summed E-state index contributed by atoms with van der Waals surface area (Å²) in [5.74, 6) is -0.839. The number of benzene rings is 2. The Labute approximate surface area is 191 Å². The number of methoxy groups -OCH3 is 1. The molecule has 0 radical (unpaired) electrons. The van der Waals surface area contributed by atoms with Crippen LogP contribution in [0.25, 0.3) is 11.8 Å². The summed E-state index contributed by atoms with van der Waals surface area (Å²) in [6.45, 7) is 3.14. The summed E-state index contributed by atoms with van der Waals surface area (Å²) < 4.78 is 11.7. The molecular formula is C24H24N4O5. The van der Waals surface area contributed by atoms with Gasteiger partial charge in [-0.05, 0) is 56.3 Å². The summed E-state index contributed by atoms with van der Waals surface area (Å²) in [6.07, 6.45) is 2.81. The van der Waals surface area contributed by atoms with Gasteiger partial charge in [0.25, 0.3) is 5.91 Å². The van der Waals surface area contributed by atoms with Crippen LogP contribution in [0.4, 0.5) is 10.5 Å². The van der Waals surface area contributed by atoms with Crippen LogP contribution >= 0.6 is 0 Å². The summed E-state index contributed by atoms with van der Waals surface area (Å²) in [5.41, 5.74) is 3.76. The summed E-state index contributed by atoms with van der Waals surface area (Å²) in [4.78, 5) is 35.8. The van der Waals surface area contributed by atoms with Crippen molar-refractivity contribution < 1.29 is 23.9 Å².